The Labute approximate surface area is 144 Å². The first-order valence-electron chi connectivity index (χ1n) is 9.29. The van der Waals surface area contributed by atoms with Crippen molar-refractivity contribution in [2.45, 2.75) is 51.0 Å². The summed E-state index contributed by atoms with van der Waals surface area (Å²) in [4.78, 5) is 4.82. The maximum Gasteiger partial charge on any atom is 0.139 e. The Kier molecular flexibility index (Phi) is 4.38. The number of aromatic nitrogens is 2. The van der Waals surface area contributed by atoms with Crippen LogP contribution in [0.3, 0.4) is 0 Å². The first-order valence-corrected chi connectivity index (χ1v) is 9.29. The van der Waals surface area contributed by atoms with E-state index in [-0.39, 0.29) is 0 Å². The van der Waals surface area contributed by atoms with Gasteiger partial charge in [0.25, 0.3) is 0 Å². The average molecular weight is 318 g/mol. The van der Waals surface area contributed by atoms with Gasteiger partial charge in [0.2, 0.25) is 0 Å². The van der Waals surface area contributed by atoms with Gasteiger partial charge in [0.05, 0.1) is 0 Å². The summed E-state index contributed by atoms with van der Waals surface area (Å²) in [6.07, 6.45) is 20.9. The summed E-state index contributed by atoms with van der Waals surface area (Å²) in [5.41, 5.74) is 3.80. The van der Waals surface area contributed by atoms with Crippen molar-refractivity contribution in [3.8, 4) is 0 Å². The Morgan fingerprint density at radius 2 is 2.12 bits per heavy atom. The third kappa shape index (κ3) is 3.10. The molecule has 4 rings (SSSR count). The van der Waals surface area contributed by atoms with Gasteiger partial charge in [-0.25, -0.2) is 4.98 Å². The largest absolute Gasteiger partial charge is 0.332 e. The van der Waals surface area contributed by atoms with Gasteiger partial charge in [-0.15, -0.1) is 0 Å². The van der Waals surface area contributed by atoms with Crippen molar-refractivity contribution in [2.24, 2.45) is 5.92 Å². The predicted molar refractivity (Wildman–Crippen MR) is 101 cm³/mol. The quantitative estimate of drug-likeness (QED) is 0.699. The number of allylic oxidation sites excluding steroid dienone is 5. The fourth-order valence-corrected chi connectivity index (χ4v) is 4.12. The highest BCUT2D eigenvalue weighted by molar-refractivity contribution is 5.76. The molecule has 1 fully saturated rings. The van der Waals surface area contributed by atoms with Crippen LogP contribution in [0.5, 0.6) is 0 Å². The second-order valence-electron chi connectivity index (χ2n) is 7.25. The molecule has 2 aliphatic carbocycles. The topological polar surface area (TPSA) is 17.8 Å². The Morgan fingerprint density at radius 1 is 1.25 bits per heavy atom. The standard InChI is InChI=1S/C22H26N2/c1-2-17-8-10-18(11-9-17)16-24-13-12-20-14-21(15-23-22(20)24)19-6-4-3-5-7-19/h2,8-10,12-15,18-19H,1,3-7,11,16H2. The number of nitrogens with zero attached hydrogens (tertiary/aromatic N) is 2. The van der Waals surface area contributed by atoms with Crippen LogP contribution in [0.25, 0.3) is 11.0 Å². The molecule has 1 atom stereocenters. The van der Waals surface area contributed by atoms with Gasteiger partial charge in [-0.1, -0.05) is 50.1 Å². The predicted octanol–water partition coefficient (Wildman–Crippen LogP) is 5.77. The SMILES string of the molecule is C=CC1=CCC(Cn2ccc3cc(C4CCCCC4)cnc32)C=C1. The van der Waals surface area contributed by atoms with E-state index in [0.717, 1.165) is 24.5 Å². The van der Waals surface area contributed by atoms with Gasteiger partial charge in [-0.2, -0.15) is 0 Å². The van der Waals surface area contributed by atoms with E-state index in [4.69, 9.17) is 4.98 Å². The first-order chi connectivity index (χ1) is 11.8. The second-order valence-corrected chi connectivity index (χ2v) is 7.25. The van der Waals surface area contributed by atoms with E-state index in [2.05, 4.69) is 53.9 Å². The van der Waals surface area contributed by atoms with Gasteiger partial charge in [0, 0.05) is 24.3 Å². The lowest BCUT2D eigenvalue weighted by atomic mass is 9.84. The van der Waals surface area contributed by atoms with E-state index in [1.807, 2.05) is 6.08 Å². The lowest BCUT2D eigenvalue weighted by Gasteiger charge is -2.21. The maximum absolute atomic E-state index is 4.82. The minimum Gasteiger partial charge on any atom is -0.332 e. The van der Waals surface area contributed by atoms with E-state index in [1.54, 1.807) is 0 Å². The summed E-state index contributed by atoms with van der Waals surface area (Å²) < 4.78 is 2.31. The molecule has 0 amide bonds. The molecule has 124 valence electrons. The van der Waals surface area contributed by atoms with E-state index < -0.39 is 0 Å². The molecule has 2 aliphatic rings. The smallest absolute Gasteiger partial charge is 0.139 e. The van der Waals surface area contributed by atoms with Crippen molar-refractivity contribution < 1.29 is 0 Å². The molecule has 0 bridgehead atoms. The molecule has 0 aromatic carbocycles. The van der Waals surface area contributed by atoms with Crippen LogP contribution < -0.4 is 0 Å². The molecule has 1 saturated carbocycles. The van der Waals surface area contributed by atoms with Crippen molar-refractivity contribution in [1.29, 1.82) is 0 Å². The van der Waals surface area contributed by atoms with Crippen LogP contribution in [-0.2, 0) is 6.54 Å². The van der Waals surface area contributed by atoms with Gasteiger partial charge in [0.15, 0.2) is 0 Å². The van der Waals surface area contributed by atoms with Crippen LogP contribution in [0.15, 0.2) is 61.0 Å². The lowest BCUT2D eigenvalue weighted by molar-refractivity contribution is 0.443. The molecule has 24 heavy (non-hydrogen) atoms. The number of hydrogen-bond donors (Lipinski definition) is 0. The van der Waals surface area contributed by atoms with E-state index in [9.17, 15) is 0 Å². The number of pyridine rings is 1. The van der Waals surface area contributed by atoms with Crippen molar-refractivity contribution >= 4 is 11.0 Å². The van der Waals surface area contributed by atoms with Gasteiger partial charge < -0.3 is 4.57 Å². The molecular weight excluding hydrogens is 292 g/mol. The summed E-state index contributed by atoms with van der Waals surface area (Å²) in [6.45, 7) is 4.83. The Balaban J connectivity index is 1.52. The third-order valence-corrected chi connectivity index (χ3v) is 5.58. The van der Waals surface area contributed by atoms with E-state index in [0.29, 0.717) is 5.92 Å². The zero-order valence-corrected chi connectivity index (χ0v) is 14.3. The number of fused-ring (bicyclic) bond motifs is 1. The summed E-state index contributed by atoms with van der Waals surface area (Å²) >= 11 is 0. The molecule has 2 heterocycles. The fraction of sp³-hybridized carbons (Fsp3) is 0.409. The van der Waals surface area contributed by atoms with Crippen LogP contribution in [0.2, 0.25) is 0 Å². The van der Waals surface area contributed by atoms with Crippen LogP contribution in [0.4, 0.5) is 0 Å². The molecular formula is C22H26N2. The maximum atomic E-state index is 4.82. The van der Waals surface area contributed by atoms with Gasteiger partial charge in [-0.3, -0.25) is 0 Å². The highest BCUT2D eigenvalue weighted by atomic mass is 15.0. The molecule has 0 radical (unpaired) electrons. The average Bonchev–Trinajstić information content (AvgIpc) is 3.05. The zero-order chi connectivity index (χ0) is 16.4. The molecule has 2 nitrogen and oxygen atoms in total. The first kappa shape index (κ1) is 15.4. The van der Waals surface area contributed by atoms with E-state index in [1.165, 1.54) is 48.6 Å². The normalized spacial score (nSPS) is 21.8. The summed E-state index contributed by atoms with van der Waals surface area (Å²) in [6, 6.07) is 4.60. The summed E-state index contributed by atoms with van der Waals surface area (Å²) in [5, 5.41) is 1.29. The second kappa shape index (κ2) is 6.80. The summed E-state index contributed by atoms with van der Waals surface area (Å²) in [7, 11) is 0. The molecule has 2 heteroatoms. The minimum atomic E-state index is 0.545. The number of hydrogen-bond acceptors (Lipinski definition) is 1. The number of rotatable bonds is 4. The summed E-state index contributed by atoms with van der Waals surface area (Å²) in [5.74, 6) is 1.27. The molecule has 0 N–H and O–H groups in total. The molecule has 2 aromatic heterocycles. The van der Waals surface area contributed by atoms with Crippen LogP contribution in [-0.4, -0.2) is 9.55 Å². The third-order valence-electron chi connectivity index (χ3n) is 5.58. The Morgan fingerprint density at radius 3 is 2.88 bits per heavy atom. The van der Waals surface area contributed by atoms with Crippen LogP contribution in [0.1, 0.15) is 50.0 Å². The van der Waals surface area contributed by atoms with E-state index >= 15 is 0 Å². The van der Waals surface area contributed by atoms with Gasteiger partial charge in [-0.05, 0) is 54.4 Å². The van der Waals surface area contributed by atoms with Gasteiger partial charge in [0.1, 0.15) is 5.65 Å². The van der Waals surface area contributed by atoms with Crippen molar-refractivity contribution in [3.05, 3.63) is 66.5 Å². The van der Waals surface area contributed by atoms with Gasteiger partial charge >= 0.3 is 0 Å². The monoisotopic (exact) mass is 318 g/mol. The highest BCUT2D eigenvalue weighted by Crippen LogP contribution is 2.33. The molecule has 0 spiro atoms. The van der Waals surface area contributed by atoms with Crippen LogP contribution in [0, 0.1) is 5.92 Å². The zero-order valence-electron chi connectivity index (χ0n) is 14.3. The molecule has 0 saturated heterocycles. The van der Waals surface area contributed by atoms with Crippen molar-refractivity contribution in [1.82, 2.24) is 9.55 Å². The molecule has 1 unspecified atom stereocenters. The Bertz CT molecular complexity index is 787. The minimum absolute atomic E-state index is 0.545. The van der Waals surface area contributed by atoms with Crippen LogP contribution >= 0.6 is 0 Å². The van der Waals surface area contributed by atoms with Crippen molar-refractivity contribution in [2.75, 3.05) is 0 Å². The lowest BCUT2D eigenvalue weighted by Crippen LogP contribution is -2.10. The highest BCUT2D eigenvalue weighted by Gasteiger charge is 2.17. The molecule has 0 aliphatic heterocycles. The fourth-order valence-electron chi connectivity index (χ4n) is 4.12. The van der Waals surface area contributed by atoms with Crippen molar-refractivity contribution in [3.63, 3.8) is 0 Å². The molecule has 2 aromatic rings. The Hall–Kier alpha value is -2.09.